The normalized spacial score (nSPS) is 13.0. The molecule has 0 saturated carbocycles. The topological polar surface area (TPSA) is 12.0 Å². The highest BCUT2D eigenvalue weighted by Gasteiger charge is 2.06. The molecule has 0 saturated heterocycles. The van der Waals surface area contributed by atoms with E-state index >= 15 is 0 Å². The van der Waals surface area contributed by atoms with Crippen LogP contribution in [0.1, 0.15) is 18.7 Å². The maximum atomic E-state index is 13.7. The molecule has 2 rings (SSSR count). The predicted octanol–water partition coefficient (Wildman–Crippen LogP) is 4.57. The molecule has 0 bridgehead atoms. The minimum absolute atomic E-state index is 0.166. The number of thiophene rings is 1. The zero-order chi connectivity index (χ0) is 13.7. The number of hydrogen-bond donors (Lipinski definition) is 1. The summed E-state index contributed by atoms with van der Waals surface area (Å²) in [6.07, 6.45) is 4.21. The summed E-state index contributed by atoms with van der Waals surface area (Å²) >= 11 is 1.61. The van der Waals surface area contributed by atoms with Gasteiger partial charge >= 0.3 is 0 Å². The molecule has 0 fully saturated rings. The van der Waals surface area contributed by atoms with Gasteiger partial charge < -0.3 is 5.32 Å². The fraction of sp³-hybridized carbons (Fsp3) is 0.250. The molecule has 19 heavy (non-hydrogen) atoms. The van der Waals surface area contributed by atoms with Crippen molar-refractivity contribution in [2.24, 2.45) is 0 Å². The smallest absolute Gasteiger partial charge is 0.131 e. The first kappa shape index (κ1) is 14.0. The van der Waals surface area contributed by atoms with E-state index < -0.39 is 0 Å². The van der Waals surface area contributed by atoms with Crippen molar-refractivity contribution in [3.63, 3.8) is 0 Å². The van der Waals surface area contributed by atoms with Gasteiger partial charge in [0.2, 0.25) is 0 Å². The molecule has 1 heterocycles. The molecule has 100 valence electrons. The van der Waals surface area contributed by atoms with E-state index in [9.17, 15) is 4.39 Å². The standard InChI is InChI=1S/C16H18FNS/c1-3-18-12(2)8-9-13-10-11-16(19-13)14-6-4-5-7-15(14)17/h4-12,18H,3H2,1-2H3/b9-8+. The van der Waals surface area contributed by atoms with Crippen LogP contribution >= 0.6 is 11.3 Å². The molecule has 0 radical (unpaired) electrons. The average Bonchev–Trinajstić information content (AvgIpc) is 2.86. The molecule has 0 aliphatic carbocycles. The van der Waals surface area contributed by atoms with Crippen LogP contribution in [0.2, 0.25) is 0 Å². The Bertz CT molecular complexity index is 559. The number of nitrogens with one attached hydrogen (secondary N) is 1. The molecule has 0 spiro atoms. The second-order valence-electron chi connectivity index (χ2n) is 4.39. The largest absolute Gasteiger partial charge is 0.311 e. The van der Waals surface area contributed by atoms with Crippen molar-refractivity contribution in [2.45, 2.75) is 19.9 Å². The van der Waals surface area contributed by atoms with E-state index in [2.05, 4.69) is 31.3 Å². The second-order valence-corrected chi connectivity index (χ2v) is 5.50. The Morgan fingerprint density at radius 1 is 1.26 bits per heavy atom. The van der Waals surface area contributed by atoms with Gasteiger partial charge in [-0.2, -0.15) is 0 Å². The quantitative estimate of drug-likeness (QED) is 0.843. The third-order valence-electron chi connectivity index (χ3n) is 2.84. The van der Waals surface area contributed by atoms with Gasteiger partial charge in [-0.25, -0.2) is 4.39 Å². The Balaban J connectivity index is 2.14. The molecule has 3 heteroatoms. The van der Waals surface area contributed by atoms with Crippen LogP contribution in [-0.2, 0) is 0 Å². The van der Waals surface area contributed by atoms with Crippen molar-refractivity contribution >= 4 is 17.4 Å². The first-order valence-corrected chi connectivity index (χ1v) is 7.28. The first-order valence-electron chi connectivity index (χ1n) is 6.47. The van der Waals surface area contributed by atoms with Crippen LogP contribution in [0.3, 0.4) is 0 Å². The molecule has 1 N–H and O–H groups in total. The SMILES string of the molecule is CCNC(C)/C=C/c1ccc(-c2ccccc2F)s1. The molecule has 2 aromatic rings. The van der Waals surface area contributed by atoms with Gasteiger partial charge in [-0.15, -0.1) is 11.3 Å². The molecule has 1 aromatic carbocycles. The Hall–Kier alpha value is -1.45. The fourth-order valence-electron chi connectivity index (χ4n) is 1.88. The van der Waals surface area contributed by atoms with Crippen molar-refractivity contribution in [1.29, 1.82) is 0 Å². The number of rotatable bonds is 5. The van der Waals surface area contributed by atoms with Crippen molar-refractivity contribution in [3.05, 3.63) is 53.2 Å². The number of hydrogen-bond acceptors (Lipinski definition) is 2. The van der Waals surface area contributed by atoms with Crippen LogP contribution in [0, 0.1) is 5.82 Å². The zero-order valence-electron chi connectivity index (χ0n) is 11.2. The van der Waals surface area contributed by atoms with Gasteiger partial charge in [0.15, 0.2) is 0 Å². The van der Waals surface area contributed by atoms with E-state index in [0.717, 1.165) is 16.3 Å². The monoisotopic (exact) mass is 275 g/mol. The Morgan fingerprint density at radius 2 is 2.05 bits per heavy atom. The average molecular weight is 275 g/mol. The van der Waals surface area contributed by atoms with Crippen LogP contribution in [0.25, 0.3) is 16.5 Å². The zero-order valence-corrected chi connectivity index (χ0v) is 12.0. The second kappa shape index (κ2) is 6.64. The molecule has 1 nitrogen and oxygen atoms in total. The number of halogens is 1. The fourth-order valence-corrected chi connectivity index (χ4v) is 2.83. The summed E-state index contributed by atoms with van der Waals surface area (Å²) in [5.41, 5.74) is 0.673. The van der Waals surface area contributed by atoms with E-state index in [-0.39, 0.29) is 5.82 Å². The lowest BCUT2D eigenvalue weighted by Gasteiger charge is -2.04. The van der Waals surface area contributed by atoms with Gasteiger partial charge in [0, 0.05) is 21.4 Å². The Labute approximate surface area is 117 Å². The molecule has 0 aliphatic heterocycles. The van der Waals surface area contributed by atoms with E-state index in [4.69, 9.17) is 0 Å². The summed E-state index contributed by atoms with van der Waals surface area (Å²) in [7, 11) is 0. The van der Waals surface area contributed by atoms with Gasteiger partial charge in [-0.05, 0) is 37.7 Å². The highest BCUT2D eigenvalue weighted by Crippen LogP contribution is 2.30. The maximum absolute atomic E-state index is 13.7. The Kier molecular flexibility index (Phi) is 4.88. The summed E-state index contributed by atoms with van der Waals surface area (Å²) < 4.78 is 13.7. The highest BCUT2D eigenvalue weighted by atomic mass is 32.1. The predicted molar refractivity (Wildman–Crippen MR) is 81.9 cm³/mol. The van der Waals surface area contributed by atoms with Gasteiger partial charge in [0.05, 0.1) is 0 Å². The number of benzene rings is 1. The van der Waals surface area contributed by atoms with E-state index in [1.54, 1.807) is 17.4 Å². The van der Waals surface area contributed by atoms with Crippen molar-refractivity contribution in [2.75, 3.05) is 6.54 Å². The summed E-state index contributed by atoms with van der Waals surface area (Å²) in [5.74, 6) is -0.166. The molecule has 1 atom stereocenters. The third-order valence-corrected chi connectivity index (χ3v) is 3.93. The summed E-state index contributed by atoms with van der Waals surface area (Å²) in [6.45, 7) is 5.16. The molecule has 0 aliphatic rings. The van der Waals surface area contributed by atoms with Crippen molar-refractivity contribution in [1.82, 2.24) is 5.32 Å². The lowest BCUT2D eigenvalue weighted by atomic mass is 10.2. The van der Waals surface area contributed by atoms with Gasteiger partial charge in [-0.1, -0.05) is 31.2 Å². The van der Waals surface area contributed by atoms with Gasteiger partial charge in [-0.3, -0.25) is 0 Å². The van der Waals surface area contributed by atoms with E-state index in [1.807, 2.05) is 24.3 Å². The number of likely N-dealkylation sites (N-methyl/N-ethyl adjacent to an activating group) is 1. The van der Waals surface area contributed by atoms with Crippen LogP contribution in [-0.4, -0.2) is 12.6 Å². The van der Waals surface area contributed by atoms with Gasteiger partial charge in [0.1, 0.15) is 5.82 Å². The molecular formula is C16H18FNS. The van der Waals surface area contributed by atoms with Gasteiger partial charge in [0.25, 0.3) is 0 Å². The maximum Gasteiger partial charge on any atom is 0.131 e. The third kappa shape index (κ3) is 3.75. The van der Waals surface area contributed by atoms with Crippen molar-refractivity contribution < 1.29 is 4.39 Å². The highest BCUT2D eigenvalue weighted by molar-refractivity contribution is 7.16. The van der Waals surface area contributed by atoms with E-state index in [0.29, 0.717) is 11.6 Å². The molecular weight excluding hydrogens is 257 g/mol. The lowest BCUT2D eigenvalue weighted by Crippen LogP contribution is -2.22. The minimum atomic E-state index is -0.166. The molecule has 0 amide bonds. The minimum Gasteiger partial charge on any atom is -0.311 e. The first-order chi connectivity index (χ1) is 9.20. The molecule has 1 aromatic heterocycles. The lowest BCUT2D eigenvalue weighted by molar-refractivity contribution is 0.631. The molecule has 1 unspecified atom stereocenters. The van der Waals surface area contributed by atoms with Crippen LogP contribution < -0.4 is 5.32 Å². The van der Waals surface area contributed by atoms with Crippen LogP contribution in [0.15, 0.2) is 42.5 Å². The summed E-state index contributed by atoms with van der Waals surface area (Å²) in [5, 5.41) is 3.32. The van der Waals surface area contributed by atoms with Crippen LogP contribution in [0.5, 0.6) is 0 Å². The summed E-state index contributed by atoms with van der Waals surface area (Å²) in [4.78, 5) is 2.11. The van der Waals surface area contributed by atoms with Crippen LogP contribution in [0.4, 0.5) is 4.39 Å². The Morgan fingerprint density at radius 3 is 2.79 bits per heavy atom. The summed E-state index contributed by atoms with van der Waals surface area (Å²) in [6, 6.07) is 11.2. The van der Waals surface area contributed by atoms with E-state index in [1.165, 1.54) is 6.07 Å². The van der Waals surface area contributed by atoms with Crippen molar-refractivity contribution in [3.8, 4) is 10.4 Å².